The van der Waals surface area contributed by atoms with Gasteiger partial charge < -0.3 is 10.6 Å². The van der Waals surface area contributed by atoms with Gasteiger partial charge in [-0.05, 0) is 50.7 Å². The number of amides is 1. The fourth-order valence-corrected chi connectivity index (χ4v) is 1.80. The van der Waals surface area contributed by atoms with Crippen molar-refractivity contribution in [2.75, 3.05) is 5.32 Å². The van der Waals surface area contributed by atoms with Crippen molar-refractivity contribution < 1.29 is 4.79 Å². The Morgan fingerprint density at radius 1 is 1.30 bits per heavy atom. The maximum Gasteiger partial charge on any atom is 0.221 e. The first kappa shape index (κ1) is 16.1. The van der Waals surface area contributed by atoms with Crippen molar-refractivity contribution in [3.05, 3.63) is 29.8 Å². The van der Waals surface area contributed by atoms with Gasteiger partial charge in [0, 0.05) is 18.7 Å². The SMILES string of the molecule is CC(=O)Nc1cccc(C(C)=NNC(=S)NC(C)C)c1. The molecular formula is C14H20N4OS. The number of anilines is 1. The third kappa shape index (κ3) is 5.79. The van der Waals surface area contributed by atoms with Gasteiger partial charge in [0.15, 0.2) is 5.11 Å². The minimum atomic E-state index is -0.0998. The first-order chi connectivity index (χ1) is 9.38. The molecule has 6 heteroatoms. The highest BCUT2D eigenvalue weighted by Crippen LogP contribution is 2.11. The van der Waals surface area contributed by atoms with Crippen molar-refractivity contribution in [3.63, 3.8) is 0 Å². The van der Waals surface area contributed by atoms with Gasteiger partial charge in [0.2, 0.25) is 5.91 Å². The van der Waals surface area contributed by atoms with E-state index in [4.69, 9.17) is 12.2 Å². The van der Waals surface area contributed by atoms with Gasteiger partial charge in [-0.1, -0.05) is 12.1 Å². The van der Waals surface area contributed by atoms with Gasteiger partial charge in [-0.25, -0.2) is 0 Å². The summed E-state index contributed by atoms with van der Waals surface area (Å²) in [5.74, 6) is -0.0998. The van der Waals surface area contributed by atoms with Crippen LogP contribution in [0.4, 0.5) is 5.69 Å². The van der Waals surface area contributed by atoms with E-state index in [9.17, 15) is 4.79 Å². The number of nitrogens with one attached hydrogen (secondary N) is 3. The average Bonchev–Trinajstić information content (AvgIpc) is 2.34. The highest BCUT2D eigenvalue weighted by molar-refractivity contribution is 7.80. The van der Waals surface area contributed by atoms with Crippen LogP contribution in [-0.2, 0) is 4.79 Å². The highest BCUT2D eigenvalue weighted by atomic mass is 32.1. The minimum absolute atomic E-state index is 0.0998. The van der Waals surface area contributed by atoms with Gasteiger partial charge in [-0.15, -0.1) is 0 Å². The normalized spacial score (nSPS) is 11.2. The first-order valence-electron chi connectivity index (χ1n) is 6.37. The lowest BCUT2D eigenvalue weighted by molar-refractivity contribution is -0.114. The molecular weight excluding hydrogens is 272 g/mol. The van der Waals surface area contributed by atoms with Crippen LogP contribution in [-0.4, -0.2) is 22.8 Å². The van der Waals surface area contributed by atoms with E-state index in [2.05, 4.69) is 21.2 Å². The molecule has 1 aromatic rings. The number of carbonyl (C=O) groups is 1. The fraction of sp³-hybridized carbons (Fsp3) is 0.357. The monoisotopic (exact) mass is 292 g/mol. The molecule has 0 aliphatic heterocycles. The molecule has 0 aliphatic rings. The molecule has 0 atom stereocenters. The van der Waals surface area contributed by atoms with Crippen molar-refractivity contribution in [1.82, 2.24) is 10.7 Å². The molecule has 0 unspecified atom stereocenters. The molecule has 1 rings (SSSR count). The third-order valence-electron chi connectivity index (χ3n) is 2.35. The van der Waals surface area contributed by atoms with Gasteiger partial charge in [-0.3, -0.25) is 10.2 Å². The lowest BCUT2D eigenvalue weighted by Crippen LogP contribution is -2.37. The number of thiocarbonyl (C=S) groups is 1. The summed E-state index contributed by atoms with van der Waals surface area (Å²) in [6.45, 7) is 7.35. The van der Waals surface area contributed by atoms with Crippen LogP contribution < -0.4 is 16.1 Å². The Balaban J connectivity index is 2.73. The molecule has 1 aromatic carbocycles. The van der Waals surface area contributed by atoms with Gasteiger partial charge in [0.05, 0.1) is 5.71 Å². The number of rotatable bonds is 4. The molecule has 0 radical (unpaired) electrons. The van der Waals surface area contributed by atoms with E-state index >= 15 is 0 Å². The predicted molar refractivity (Wildman–Crippen MR) is 87.0 cm³/mol. The summed E-state index contributed by atoms with van der Waals surface area (Å²) in [6, 6.07) is 7.74. The molecule has 0 aromatic heterocycles. The quantitative estimate of drug-likeness (QED) is 0.452. The van der Waals surface area contributed by atoms with Crippen molar-refractivity contribution in [1.29, 1.82) is 0 Å². The van der Waals surface area contributed by atoms with E-state index in [0.29, 0.717) is 5.11 Å². The highest BCUT2D eigenvalue weighted by Gasteiger charge is 2.02. The Morgan fingerprint density at radius 3 is 2.60 bits per heavy atom. The lowest BCUT2D eigenvalue weighted by Gasteiger charge is -2.11. The topological polar surface area (TPSA) is 65.5 Å². The molecule has 0 bridgehead atoms. The molecule has 0 fully saturated rings. The zero-order valence-electron chi connectivity index (χ0n) is 12.2. The summed E-state index contributed by atoms with van der Waals surface area (Å²) < 4.78 is 0. The van der Waals surface area contributed by atoms with E-state index in [1.165, 1.54) is 6.92 Å². The number of hydrogen-bond donors (Lipinski definition) is 3. The number of hydrazone groups is 1. The molecule has 0 saturated heterocycles. The smallest absolute Gasteiger partial charge is 0.221 e. The second-order valence-corrected chi connectivity index (χ2v) is 5.11. The average molecular weight is 292 g/mol. The second-order valence-electron chi connectivity index (χ2n) is 4.70. The summed E-state index contributed by atoms with van der Waals surface area (Å²) in [6.07, 6.45) is 0. The summed E-state index contributed by atoms with van der Waals surface area (Å²) in [5, 5.41) is 10.5. The van der Waals surface area contributed by atoms with Crippen LogP contribution in [0.15, 0.2) is 29.4 Å². The maximum atomic E-state index is 11.0. The molecule has 0 aliphatic carbocycles. The Kier molecular flexibility index (Phi) is 6.11. The molecule has 3 N–H and O–H groups in total. The van der Waals surface area contributed by atoms with Crippen molar-refractivity contribution in [2.45, 2.75) is 33.7 Å². The Bertz CT molecular complexity index is 526. The summed E-state index contributed by atoms with van der Waals surface area (Å²) >= 11 is 5.10. The zero-order valence-corrected chi connectivity index (χ0v) is 13.0. The van der Waals surface area contributed by atoms with Crippen LogP contribution >= 0.6 is 12.2 Å². The molecule has 0 saturated carbocycles. The Hall–Kier alpha value is -1.95. The van der Waals surface area contributed by atoms with Gasteiger partial charge >= 0.3 is 0 Å². The molecule has 0 spiro atoms. The molecule has 0 heterocycles. The number of nitrogens with zero attached hydrogens (tertiary/aromatic N) is 1. The number of carbonyl (C=O) groups excluding carboxylic acids is 1. The second kappa shape index (κ2) is 7.59. The first-order valence-corrected chi connectivity index (χ1v) is 6.78. The van der Waals surface area contributed by atoms with E-state index < -0.39 is 0 Å². The molecule has 108 valence electrons. The van der Waals surface area contributed by atoms with E-state index in [-0.39, 0.29) is 11.9 Å². The van der Waals surface area contributed by atoms with Crippen LogP contribution in [0.5, 0.6) is 0 Å². The zero-order chi connectivity index (χ0) is 15.1. The standard InChI is InChI=1S/C14H20N4OS/c1-9(2)15-14(20)18-17-10(3)12-6-5-7-13(8-12)16-11(4)19/h5-9H,1-4H3,(H,16,19)(H2,15,18,20). The van der Waals surface area contributed by atoms with Gasteiger partial charge in [0.25, 0.3) is 0 Å². The summed E-state index contributed by atoms with van der Waals surface area (Å²) in [5.41, 5.74) is 5.23. The number of hydrogen-bond acceptors (Lipinski definition) is 3. The Morgan fingerprint density at radius 2 is 2.00 bits per heavy atom. The van der Waals surface area contributed by atoms with Crippen LogP contribution in [0, 0.1) is 0 Å². The minimum Gasteiger partial charge on any atom is -0.359 e. The van der Waals surface area contributed by atoms with Crippen LogP contribution in [0.1, 0.15) is 33.3 Å². The summed E-state index contributed by atoms with van der Waals surface area (Å²) in [4.78, 5) is 11.0. The Labute approximate surface area is 124 Å². The van der Waals surface area contributed by atoms with Crippen LogP contribution in [0.2, 0.25) is 0 Å². The fourth-order valence-electron chi connectivity index (χ4n) is 1.52. The van der Waals surface area contributed by atoms with Gasteiger partial charge in [0.1, 0.15) is 0 Å². The summed E-state index contributed by atoms with van der Waals surface area (Å²) in [7, 11) is 0. The molecule has 5 nitrogen and oxygen atoms in total. The molecule has 20 heavy (non-hydrogen) atoms. The van der Waals surface area contributed by atoms with Crippen LogP contribution in [0.3, 0.4) is 0 Å². The maximum absolute atomic E-state index is 11.0. The van der Waals surface area contributed by atoms with Crippen molar-refractivity contribution in [2.24, 2.45) is 5.10 Å². The van der Waals surface area contributed by atoms with Crippen molar-refractivity contribution in [3.8, 4) is 0 Å². The predicted octanol–water partition coefficient (Wildman–Crippen LogP) is 2.24. The van der Waals surface area contributed by atoms with E-state index in [0.717, 1.165) is 17.0 Å². The lowest BCUT2D eigenvalue weighted by atomic mass is 10.1. The van der Waals surface area contributed by atoms with E-state index in [1.807, 2.05) is 45.0 Å². The largest absolute Gasteiger partial charge is 0.359 e. The molecule has 1 amide bonds. The van der Waals surface area contributed by atoms with E-state index in [1.54, 1.807) is 0 Å². The van der Waals surface area contributed by atoms with Crippen molar-refractivity contribution >= 4 is 34.6 Å². The van der Waals surface area contributed by atoms with Crippen LogP contribution in [0.25, 0.3) is 0 Å². The van der Waals surface area contributed by atoms with Gasteiger partial charge in [-0.2, -0.15) is 5.10 Å². The number of benzene rings is 1. The third-order valence-corrected chi connectivity index (χ3v) is 2.55.